The van der Waals surface area contributed by atoms with Crippen LogP contribution in [0.25, 0.3) is 0 Å². The Bertz CT molecular complexity index is 459. The predicted molar refractivity (Wildman–Crippen MR) is 71.2 cm³/mol. The molecule has 6 heteroatoms. The molecule has 0 fully saturated rings. The number of benzene rings is 1. The minimum atomic E-state index is -3.60. The van der Waals surface area contributed by atoms with Crippen molar-refractivity contribution in [3.8, 4) is 0 Å². The molecule has 0 unspecified atom stereocenters. The Morgan fingerprint density at radius 3 is 2.28 bits per heavy atom. The molecule has 0 aliphatic carbocycles. The number of aliphatic hydroxyl groups excluding tert-OH is 1. The molecule has 0 aliphatic rings. The van der Waals surface area contributed by atoms with E-state index in [1.54, 1.807) is 38.1 Å². The predicted octanol–water partition coefficient (Wildman–Crippen LogP) is 0.895. The third-order valence-corrected chi connectivity index (χ3v) is 4.54. The Labute approximate surface area is 109 Å². The van der Waals surface area contributed by atoms with E-state index >= 15 is 0 Å². The Balaban J connectivity index is 2.88. The first-order valence-corrected chi connectivity index (χ1v) is 7.23. The van der Waals surface area contributed by atoms with Crippen LogP contribution in [0.5, 0.6) is 0 Å². The third-order valence-electron chi connectivity index (χ3n) is 2.78. The molecule has 1 rings (SSSR count). The molecule has 0 saturated carbocycles. The minimum Gasteiger partial charge on any atom is -0.394 e. The molecule has 1 atom stereocenters. The molecule has 0 spiro atoms. The molecule has 0 aromatic heterocycles. The van der Waals surface area contributed by atoms with Crippen molar-refractivity contribution in [1.82, 2.24) is 9.03 Å². The first kappa shape index (κ1) is 15.1. The first-order chi connectivity index (χ1) is 8.38. The third kappa shape index (κ3) is 3.78. The Morgan fingerprint density at radius 2 is 1.83 bits per heavy atom. The van der Waals surface area contributed by atoms with Gasteiger partial charge in [0.1, 0.15) is 0 Å². The summed E-state index contributed by atoms with van der Waals surface area (Å²) < 4.78 is 27.8. The molecular formula is C12H20N2O3S. The van der Waals surface area contributed by atoms with Crippen LogP contribution in [0.4, 0.5) is 0 Å². The zero-order valence-corrected chi connectivity index (χ0v) is 11.7. The molecule has 0 radical (unpaired) electrons. The summed E-state index contributed by atoms with van der Waals surface area (Å²) in [4.78, 5) is 0. The van der Waals surface area contributed by atoms with E-state index in [1.807, 2.05) is 6.07 Å². The monoisotopic (exact) mass is 272 g/mol. The molecule has 5 nitrogen and oxygen atoms in total. The van der Waals surface area contributed by atoms with Crippen LogP contribution in [-0.4, -0.2) is 37.5 Å². The Morgan fingerprint density at radius 1 is 1.28 bits per heavy atom. The van der Waals surface area contributed by atoms with Gasteiger partial charge in [-0.2, -0.15) is 17.4 Å². The van der Waals surface area contributed by atoms with E-state index < -0.39 is 16.3 Å². The highest BCUT2D eigenvalue weighted by Gasteiger charge is 2.24. The van der Waals surface area contributed by atoms with Crippen LogP contribution < -0.4 is 4.72 Å². The summed E-state index contributed by atoms with van der Waals surface area (Å²) in [5.74, 6) is 0. The number of nitrogens with zero attached hydrogens (tertiary/aromatic N) is 1. The summed E-state index contributed by atoms with van der Waals surface area (Å²) in [6.45, 7) is 3.29. The smallest absolute Gasteiger partial charge is 0.280 e. The number of nitrogens with one attached hydrogen (secondary N) is 1. The average molecular weight is 272 g/mol. The van der Waals surface area contributed by atoms with Crippen LogP contribution in [0.1, 0.15) is 25.5 Å². The summed E-state index contributed by atoms with van der Waals surface area (Å²) in [7, 11) is -2.09. The van der Waals surface area contributed by atoms with Gasteiger partial charge in [-0.25, -0.2) is 0 Å². The molecule has 102 valence electrons. The highest BCUT2D eigenvalue weighted by Crippen LogP contribution is 2.14. The van der Waals surface area contributed by atoms with E-state index in [0.29, 0.717) is 0 Å². The van der Waals surface area contributed by atoms with Crippen molar-refractivity contribution in [2.75, 3.05) is 13.7 Å². The van der Waals surface area contributed by atoms with Crippen molar-refractivity contribution >= 4 is 10.2 Å². The van der Waals surface area contributed by atoms with Gasteiger partial charge in [-0.15, -0.1) is 0 Å². The van der Waals surface area contributed by atoms with Crippen LogP contribution in [-0.2, 0) is 10.2 Å². The lowest BCUT2D eigenvalue weighted by Gasteiger charge is -2.24. The number of rotatable bonds is 6. The molecule has 1 aromatic rings. The largest absolute Gasteiger partial charge is 0.394 e. The highest BCUT2D eigenvalue weighted by molar-refractivity contribution is 7.87. The maximum Gasteiger partial charge on any atom is 0.280 e. The van der Waals surface area contributed by atoms with Gasteiger partial charge in [-0.05, 0) is 19.4 Å². The fraction of sp³-hybridized carbons (Fsp3) is 0.500. The van der Waals surface area contributed by atoms with Crippen molar-refractivity contribution in [1.29, 1.82) is 0 Å². The zero-order chi connectivity index (χ0) is 13.8. The van der Waals surface area contributed by atoms with E-state index in [1.165, 1.54) is 11.4 Å². The van der Waals surface area contributed by atoms with Crippen LogP contribution in [0, 0.1) is 0 Å². The van der Waals surface area contributed by atoms with Crippen LogP contribution in [0.15, 0.2) is 30.3 Å². The maximum absolute atomic E-state index is 12.0. The van der Waals surface area contributed by atoms with Crippen molar-refractivity contribution in [2.24, 2.45) is 0 Å². The molecule has 0 amide bonds. The second-order valence-corrected chi connectivity index (χ2v) is 6.14. The lowest BCUT2D eigenvalue weighted by Crippen LogP contribution is -2.44. The minimum absolute atomic E-state index is 0.141. The van der Waals surface area contributed by atoms with E-state index in [9.17, 15) is 13.5 Å². The zero-order valence-electron chi connectivity index (χ0n) is 10.9. The molecule has 0 saturated heterocycles. The van der Waals surface area contributed by atoms with Crippen molar-refractivity contribution in [3.05, 3.63) is 35.9 Å². The summed E-state index contributed by atoms with van der Waals surface area (Å²) in [6, 6.07) is 8.23. The molecule has 1 aromatic carbocycles. The SMILES string of the molecule is CC(C)N(C)S(=O)(=O)N[C@@H](CO)c1ccccc1. The highest BCUT2D eigenvalue weighted by atomic mass is 32.2. The van der Waals surface area contributed by atoms with E-state index in [0.717, 1.165) is 5.56 Å². The Kier molecular flexibility index (Phi) is 5.28. The second-order valence-electron chi connectivity index (χ2n) is 4.38. The number of hydrogen-bond donors (Lipinski definition) is 2. The normalized spacial score (nSPS) is 14.1. The molecule has 0 bridgehead atoms. The number of hydrogen-bond acceptors (Lipinski definition) is 3. The lowest BCUT2D eigenvalue weighted by molar-refractivity contribution is 0.255. The van der Waals surface area contributed by atoms with Crippen LogP contribution in [0.2, 0.25) is 0 Å². The van der Waals surface area contributed by atoms with Gasteiger partial charge < -0.3 is 5.11 Å². The quantitative estimate of drug-likeness (QED) is 0.808. The van der Waals surface area contributed by atoms with E-state index in [4.69, 9.17) is 0 Å². The van der Waals surface area contributed by atoms with Crippen molar-refractivity contribution in [3.63, 3.8) is 0 Å². The average Bonchev–Trinajstić information content (AvgIpc) is 2.36. The van der Waals surface area contributed by atoms with Gasteiger partial charge in [0.25, 0.3) is 10.2 Å². The topological polar surface area (TPSA) is 69.6 Å². The summed E-state index contributed by atoms with van der Waals surface area (Å²) in [6.07, 6.45) is 0. The standard InChI is InChI=1S/C12H20N2O3S/c1-10(2)14(3)18(16,17)13-12(9-15)11-7-5-4-6-8-11/h4-8,10,12-13,15H,9H2,1-3H3/t12-/m0/s1. The van der Waals surface area contributed by atoms with Crippen LogP contribution in [0.3, 0.4) is 0 Å². The summed E-state index contributed by atoms with van der Waals surface area (Å²) in [5, 5.41) is 9.32. The second kappa shape index (κ2) is 6.29. The molecule has 0 aliphatic heterocycles. The van der Waals surface area contributed by atoms with Gasteiger partial charge in [0.05, 0.1) is 12.6 Å². The van der Waals surface area contributed by atoms with Crippen LogP contribution >= 0.6 is 0 Å². The Hall–Kier alpha value is -0.950. The molecule has 2 N–H and O–H groups in total. The van der Waals surface area contributed by atoms with Gasteiger partial charge in [0.2, 0.25) is 0 Å². The summed E-state index contributed by atoms with van der Waals surface area (Å²) >= 11 is 0. The number of aliphatic hydroxyl groups is 1. The van der Waals surface area contributed by atoms with Gasteiger partial charge in [0, 0.05) is 13.1 Å². The molecule has 0 heterocycles. The summed E-state index contributed by atoms with van der Waals surface area (Å²) in [5.41, 5.74) is 0.737. The van der Waals surface area contributed by atoms with Gasteiger partial charge in [-0.1, -0.05) is 30.3 Å². The van der Waals surface area contributed by atoms with E-state index in [-0.39, 0.29) is 12.6 Å². The van der Waals surface area contributed by atoms with Gasteiger partial charge in [0.15, 0.2) is 0 Å². The fourth-order valence-corrected chi connectivity index (χ4v) is 2.73. The molecule has 18 heavy (non-hydrogen) atoms. The van der Waals surface area contributed by atoms with E-state index in [2.05, 4.69) is 4.72 Å². The lowest BCUT2D eigenvalue weighted by atomic mass is 10.1. The van der Waals surface area contributed by atoms with Gasteiger partial charge in [-0.3, -0.25) is 0 Å². The molecular weight excluding hydrogens is 252 g/mol. The van der Waals surface area contributed by atoms with Crippen molar-refractivity contribution < 1.29 is 13.5 Å². The van der Waals surface area contributed by atoms with Crippen molar-refractivity contribution in [2.45, 2.75) is 25.9 Å². The maximum atomic E-state index is 12.0. The first-order valence-electron chi connectivity index (χ1n) is 5.79. The fourth-order valence-electron chi connectivity index (χ4n) is 1.44. The van der Waals surface area contributed by atoms with Gasteiger partial charge >= 0.3 is 0 Å².